The summed E-state index contributed by atoms with van der Waals surface area (Å²) in [7, 11) is 2.09. The molecule has 0 aliphatic carbocycles. The number of ether oxygens (including phenoxy) is 2. The van der Waals surface area contributed by atoms with Gasteiger partial charge in [0, 0.05) is 12.1 Å². The fraction of sp³-hybridized carbons (Fsp3) is 0.615. The van der Waals surface area contributed by atoms with Gasteiger partial charge in [0.15, 0.2) is 5.75 Å². The molecular formula is C13H19FN2O2. The smallest absolute Gasteiger partial charge is 0.255 e. The molecule has 4 nitrogen and oxygen atoms in total. The van der Waals surface area contributed by atoms with Gasteiger partial charge in [0.05, 0.1) is 12.8 Å². The molecular weight excluding hydrogens is 235 g/mol. The third kappa shape index (κ3) is 3.10. The van der Waals surface area contributed by atoms with Crippen LogP contribution in [0.25, 0.3) is 0 Å². The summed E-state index contributed by atoms with van der Waals surface area (Å²) in [6.45, 7) is 3.93. The molecule has 100 valence electrons. The lowest BCUT2D eigenvalue weighted by Crippen LogP contribution is -2.30. The van der Waals surface area contributed by atoms with E-state index >= 15 is 0 Å². The number of likely N-dealkylation sites (tertiary alicyclic amines) is 1. The summed E-state index contributed by atoms with van der Waals surface area (Å²) in [4.78, 5) is 5.91. The number of rotatable bonds is 5. The van der Waals surface area contributed by atoms with Gasteiger partial charge >= 0.3 is 0 Å². The molecule has 0 amide bonds. The zero-order valence-corrected chi connectivity index (χ0v) is 10.9. The monoisotopic (exact) mass is 254 g/mol. The van der Waals surface area contributed by atoms with Crippen molar-refractivity contribution in [1.29, 1.82) is 0 Å². The summed E-state index contributed by atoms with van der Waals surface area (Å²) in [5, 5.41) is 0. The lowest BCUT2D eigenvalue weighted by Gasteiger charge is -2.19. The first-order valence-electron chi connectivity index (χ1n) is 6.32. The van der Waals surface area contributed by atoms with Gasteiger partial charge in [-0.25, -0.2) is 4.98 Å². The van der Waals surface area contributed by atoms with Gasteiger partial charge in [0.25, 0.3) is 5.95 Å². The van der Waals surface area contributed by atoms with E-state index in [1.54, 1.807) is 13.0 Å². The van der Waals surface area contributed by atoms with Gasteiger partial charge in [-0.15, -0.1) is 0 Å². The summed E-state index contributed by atoms with van der Waals surface area (Å²) in [6.07, 6.45) is 3.74. The maximum atomic E-state index is 13.3. The van der Waals surface area contributed by atoms with Crippen molar-refractivity contribution in [3.63, 3.8) is 0 Å². The summed E-state index contributed by atoms with van der Waals surface area (Å²) >= 11 is 0. The molecule has 18 heavy (non-hydrogen) atoms. The first kappa shape index (κ1) is 13.1. The Morgan fingerprint density at radius 3 is 3.00 bits per heavy atom. The van der Waals surface area contributed by atoms with Crippen LogP contribution in [0.15, 0.2) is 12.3 Å². The molecule has 1 saturated heterocycles. The van der Waals surface area contributed by atoms with Crippen LogP contribution in [0, 0.1) is 5.95 Å². The average molecular weight is 254 g/mol. The Morgan fingerprint density at radius 2 is 2.33 bits per heavy atom. The predicted octanol–water partition coefficient (Wildman–Crippen LogP) is 2.09. The van der Waals surface area contributed by atoms with Gasteiger partial charge in [-0.2, -0.15) is 4.39 Å². The van der Waals surface area contributed by atoms with E-state index in [1.165, 1.54) is 12.6 Å². The molecule has 5 heteroatoms. The Hall–Kier alpha value is -1.36. The van der Waals surface area contributed by atoms with Crippen LogP contribution in [0.3, 0.4) is 0 Å². The van der Waals surface area contributed by atoms with Crippen molar-refractivity contribution >= 4 is 0 Å². The zero-order chi connectivity index (χ0) is 13.0. The van der Waals surface area contributed by atoms with Crippen molar-refractivity contribution in [2.24, 2.45) is 0 Å². The maximum Gasteiger partial charge on any atom is 0.255 e. The first-order valence-corrected chi connectivity index (χ1v) is 6.32. The van der Waals surface area contributed by atoms with Gasteiger partial charge in [-0.1, -0.05) is 0 Å². The van der Waals surface area contributed by atoms with Crippen molar-refractivity contribution in [2.75, 3.05) is 26.8 Å². The molecule has 1 atom stereocenters. The maximum absolute atomic E-state index is 13.3. The molecule has 0 saturated carbocycles. The third-order valence-corrected chi connectivity index (χ3v) is 3.20. The Balaban J connectivity index is 1.94. The highest BCUT2D eigenvalue weighted by Crippen LogP contribution is 2.22. The second-order valence-corrected chi connectivity index (χ2v) is 4.48. The molecule has 1 aliphatic heterocycles. The molecule has 0 radical (unpaired) electrons. The van der Waals surface area contributed by atoms with Crippen molar-refractivity contribution in [1.82, 2.24) is 9.88 Å². The molecule has 0 spiro atoms. The van der Waals surface area contributed by atoms with Crippen LogP contribution in [0.5, 0.6) is 11.5 Å². The number of hydrogen-bond acceptors (Lipinski definition) is 4. The molecule has 2 rings (SSSR count). The summed E-state index contributed by atoms with van der Waals surface area (Å²) in [5.74, 6) is 0.108. The van der Waals surface area contributed by atoms with E-state index in [0.29, 0.717) is 25.0 Å². The average Bonchev–Trinajstić information content (AvgIpc) is 2.76. The number of hydrogen-bond donors (Lipinski definition) is 0. The highest BCUT2D eigenvalue weighted by atomic mass is 19.1. The molecule has 0 unspecified atom stereocenters. The molecule has 2 heterocycles. The fourth-order valence-electron chi connectivity index (χ4n) is 2.13. The van der Waals surface area contributed by atoms with Crippen molar-refractivity contribution in [3.8, 4) is 11.5 Å². The van der Waals surface area contributed by atoms with Crippen molar-refractivity contribution in [2.45, 2.75) is 25.8 Å². The summed E-state index contributed by atoms with van der Waals surface area (Å²) in [5.41, 5.74) is 0. The van der Waals surface area contributed by atoms with Crippen LogP contribution in [0.2, 0.25) is 0 Å². The molecule has 0 N–H and O–H groups in total. The van der Waals surface area contributed by atoms with E-state index in [4.69, 9.17) is 9.47 Å². The lowest BCUT2D eigenvalue weighted by molar-refractivity contribution is 0.196. The Labute approximate surface area is 107 Å². The molecule has 1 aliphatic rings. The Bertz CT molecular complexity index is 401. The van der Waals surface area contributed by atoms with E-state index in [-0.39, 0.29) is 5.75 Å². The molecule has 0 bridgehead atoms. The SMILES string of the molecule is CCOc1cc(OC[C@H]2CCCN2C)cnc1F. The number of halogens is 1. The minimum atomic E-state index is -0.595. The van der Waals surface area contributed by atoms with Gasteiger partial charge in [0.1, 0.15) is 12.4 Å². The minimum absolute atomic E-state index is 0.148. The quantitative estimate of drug-likeness (QED) is 0.754. The normalized spacial score (nSPS) is 20.1. The highest BCUT2D eigenvalue weighted by molar-refractivity contribution is 5.29. The zero-order valence-electron chi connectivity index (χ0n) is 10.9. The number of nitrogens with zero attached hydrogens (tertiary/aromatic N) is 2. The predicted molar refractivity (Wildman–Crippen MR) is 66.5 cm³/mol. The first-order chi connectivity index (χ1) is 8.70. The van der Waals surface area contributed by atoms with E-state index in [2.05, 4.69) is 16.9 Å². The van der Waals surface area contributed by atoms with E-state index in [9.17, 15) is 4.39 Å². The van der Waals surface area contributed by atoms with Crippen molar-refractivity contribution in [3.05, 3.63) is 18.2 Å². The highest BCUT2D eigenvalue weighted by Gasteiger charge is 2.21. The Kier molecular flexibility index (Phi) is 4.36. The molecule has 1 aromatic rings. The number of aromatic nitrogens is 1. The van der Waals surface area contributed by atoms with Gasteiger partial charge in [0.2, 0.25) is 0 Å². The van der Waals surface area contributed by atoms with Gasteiger partial charge < -0.3 is 14.4 Å². The molecule has 0 aromatic carbocycles. The van der Waals surface area contributed by atoms with Crippen molar-refractivity contribution < 1.29 is 13.9 Å². The Morgan fingerprint density at radius 1 is 1.50 bits per heavy atom. The van der Waals surface area contributed by atoms with Crippen LogP contribution < -0.4 is 9.47 Å². The number of likely N-dealkylation sites (N-methyl/N-ethyl adjacent to an activating group) is 1. The standard InChI is InChI=1S/C13H19FN2O2/c1-3-17-12-7-11(8-15-13(12)14)18-9-10-5-4-6-16(10)2/h7-8,10H,3-6,9H2,1-2H3/t10-/m1/s1. The van der Waals surface area contributed by atoms with Crippen LogP contribution in [-0.4, -0.2) is 42.7 Å². The second kappa shape index (κ2) is 6.00. The summed E-state index contributed by atoms with van der Waals surface area (Å²) in [6, 6.07) is 1.99. The fourth-order valence-corrected chi connectivity index (χ4v) is 2.13. The number of pyridine rings is 1. The third-order valence-electron chi connectivity index (χ3n) is 3.20. The van der Waals surface area contributed by atoms with Crippen LogP contribution >= 0.6 is 0 Å². The summed E-state index contributed by atoms with van der Waals surface area (Å²) < 4.78 is 24.1. The largest absolute Gasteiger partial charge is 0.490 e. The van der Waals surface area contributed by atoms with E-state index < -0.39 is 5.95 Å². The molecule has 1 aromatic heterocycles. The lowest BCUT2D eigenvalue weighted by atomic mass is 10.2. The van der Waals surface area contributed by atoms with Crippen LogP contribution in [0.4, 0.5) is 4.39 Å². The minimum Gasteiger partial charge on any atom is -0.490 e. The second-order valence-electron chi connectivity index (χ2n) is 4.48. The van der Waals surface area contributed by atoms with Crippen LogP contribution in [-0.2, 0) is 0 Å². The van der Waals surface area contributed by atoms with E-state index in [1.807, 2.05) is 0 Å². The topological polar surface area (TPSA) is 34.6 Å². The van der Waals surface area contributed by atoms with Gasteiger partial charge in [-0.05, 0) is 33.4 Å². The molecule has 1 fully saturated rings. The van der Waals surface area contributed by atoms with Gasteiger partial charge in [-0.3, -0.25) is 0 Å². The van der Waals surface area contributed by atoms with E-state index in [0.717, 1.165) is 13.0 Å². The van der Waals surface area contributed by atoms with Crippen LogP contribution in [0.1, 0.15) is 19.8 Å².